The number of nitrogens with zero attached hydrogens (tertiary/aromatic N) is 4. The molecule has 0 unspecified atom stereocenters. The molecule has 23 heavy (non-hydrogen) atoms. The van der Waals surface area contributed by atoms with Gasteiger partial charge in [-0.2, -0.15) is 4.98 Å². The van der Waals surface area contributed by atoms with Gasteiger partial charge in [-0.1, -0.05) is 0 Å². The number of benzene rings is 1. The molecule has 3 rings (SSSR count). The minimum atomic E-state index is 0.616. The first-order chi connectivity index (χ1) is 11.2. The first kappa shape index (κ1) is 15.6. The summed E-state index contributed by atoms with van der Waals surface area (Å²) in [6.45, 7) is 6.76. The number of piperazine rings is 1. The molecular formula is C17H23N5O. The SMILES string of the molecule is CCOc1ccc(Nc2nccc(N3CCN(C)CC3)n2)cc1. The highest BCUT2D eigenvalue weighted by Gasteiger charge is 2.15. The van der Waals surface area contributed by atoms with Crippen LogP contribution >= 0.6 is 0 Å². The maximum atomic E-state index is 5.45. The van der Waals surface area contributed by atoms with Crippen molar-refractivity contribution in [2.75, 3.05) is 50.1 Å². The molecular weight excluding hydrogens is 290 g/mol. The van der Waals surface area contributed by atoms with E-state index in [1.54, 1.807) is 6.20 Å². The lowest BCUT2D eigenvalue weighted by molar-refractivity contribution is 0.312. The van der Waals surface area contributed by atoms with Crippen LogP contribution in [0.3, 0.4) is 0 Å². The van der Waals surface area contributed by atoms with Crippen LogP contribution in [-0.2, 0) is 0 Å². The summed E-state index contributed by atoms with van der Waals surface area (Å²) in [5.41, 5.74) is 0.948. The molecule has 0 aliphatic carbocycles. The highest BCUT2D eigenvalue weighted by atomic mass is 16.5. The Balaban J connectivity index is 1.67. The van der Waals surface area contributed by atoms with Crippen molar-refractivity contribution in [2.45, 2.75) is 6.92 Å². The van der Waals surface area contributed by atoms with E-state index < -0.39 is 0 Å². The van der Waals surface area contributed by atoms with Gasteiger partial charge in [-0.25, -0.2) is 4.98 Å². The molecule has 0 spiro atoms. The highest BCUT2D eigenvalue weighted by Crippen LogP contribution is 2.20. The summed E-state index contributed by atoms with van der Waals surface area (Å²) >= 11 is 0. The van der Waals surface area contributed by atoms with Crippen LogP contribution in [0.4, 0.5) is 17.5 Å². The monoisotopic (exact) mass is 313 g/mol. The number of ether oxygens (including phenoxy) is 1. The van der Waals surface area contributed by atoms with Gasteiger partial charge in [0.1, 0.15) is 11.6 Å². The molecule has 1 N–H and O–H groups in total. The van der Waals surface area contributed by atoms with Gasteiger partial charge >= 0.3 is 0 Å². The van der Waals surface area contributed by atoms with Gasteiger partial charge in [-0.05, 0) is 44.3 Å². The van der Waals surface area contributed by atoms with E-state index in [4.69, 9.17) is 4.74 Å². The van der Waals surface area contributed by atoms with E-state index in [9.17, 15) is 0 Å². The van der Waals surface area contributed by atoms with Crippen molar-refractivity contribution >= 4 is 17.5 Å². The summed E-state index contributed by atoms with van der Waals surface area (Å²) in [5, 5.41) is 3.25. The van der Waals surface area contributed by atoms with Gasteiger partial charge in [-0.3, -0.25) is 0 Å². The number of rotatable bonds is 5. The van der Waals surface area contributed by atoms with Crippen LogP contribution in [0.25, 0.3) is 0 Å². The number of likely N-dealkylation sites (N-methyl/N-ethyl adjacent to an activating group) is 1. The molecule has 0 saturated carbocycles. The normalized spacial score (nSPS) is 15.5. The van der Waals surface area contributed by atoms with Gasteiger partial charge in [0.2, 0.25) is 5.95 Å². The third-order valence-electron chi connectivity index (χ3n) is 3.89. The topological polar surface area (TPSA) is 53.5 Å². The van der Waals surface area contributed by atoms with E-state index in [1.807, 2.05) is 37.3 Å². The van der Waals surface area contributed by atoms with Crippen molar-refractivity contribution in [3.05, 3.63) is 36.5 Å². The van der Waals surface area contributed by atoms with Crippen LogP contribution in [0.5, 0.6) is 5.75 Å². The van der Waals surface area contributed by atoms with Gasteiger partial charge in [0.25, 0.3) is 0 Å². The Morgan fingerprint density at radius 3 is 2.52 bits per heavy atom. The van der Waals surface area contributed by atoms with E-state index in [0.29, 0.717) is 12.6 Å². The van der Waals surface area contributed by atoms with Crippen LogP contribution in [-0.4, -0.2) is 54.7 Å². The van der Waals surface area contributed by atoms with Crippen LogP contribution < -0.4 is 15.0 Å². The maximum absolute atomic E-state index is 5.45. The second-order valence-corrected chi connectivity index (χ2v) is 5.61. The van der Waals surface area contributed by atoms with Gasteiger partial charge in [0.15, 0.2) is 0 Å². The zero-order valence-electron chi connectivity index (χ0n) is 13.7. The Bertz CT molecular complexity index is 623. The standard InChI is InChI=1S/C17H23N5O/c1-3-23-15-6-4-14(5-7-15)19-17-18-9-8-16(20-17)22-12-10-21(2)11-13-22/h4-9H,3,10-13H2,1-2H3,(H,18,19,20). The quantitative estimate of drug-likeness (QED) is 0.914. The van der Waals surface area contributed by atoms with Crippen molar-refractivity contribution < 1.29 is 4.74 Å². The largest absolute Gasteiger partial charge is 0.494 e. The summed E-state index contributed by atoms with van der Waals surface area (Å²) < 4.78 is 5.45. The highest BCUT2D eigenvalue weighted by molar-refractivity contribution is 5.56. The van der Waals surface area contributed by atoms with Crippen LogP contribution in [0.15, 0.2) is 36.5 Å². The molecule has 2 aromatic rings. The molecule has 6 nitrogen and oxygen atoms in total. The maximum Gasteiger partial charge on any atom is 0.229 e. The zero-order valence-corrected chi connectivity index (χ0v) is 13.7. The molecule has 0 radical (unpaired) electrons. The van der Waals surface area contributed by atoms with Crippen molar-refractivity contribution in [1.29, 1.82) is 0 Å². The Morgan fingerprint density at radius 2 is 1.83 bits per heavy atom. The van der Waals surface area contributed by atoms with Crippen LogP contribution in [0.1, 0.15) is 6.92 Å². The average molecular weight is 313 g/mol. The van der Waals surface area contributed by atoms with Crippen molar-refractivity contribution in [2.24, 2.45) is 0 Å². The molecule has 1 aromatic carbocycles. The van der Waals surface area contributed by atoms with Crippen molar-refractivity contribution in [1.82, 2.24) is 14.9 Å². The third-order valence-corrected chi connectivity index (χ3v) is 3.89. The Morgan fingerprint density at radius 1 is 1.09 bits per heavy atom. The fourth-order valence-electron chi connectivity index (χ4n) is 2.55. The summed E-state index contributed by atoms with van der Waals surface area (Å²) in [6, 6.07) is 9.79. The predicted molar refractivity (Wildman–Crippen MR) is 92.6 cm³/mol. The van der Waals surface area contributed by atoms with E-state index in [-0.39, 0.29) is 0 Å². The summed E-state index contributed by atoms with van der Waals surface area (Å²) in [5.74, 6) is 2.46. The van der Waals surface area contributed by atoms with Crippen molar-refractivity contribution in [3.8, 4) is 5.75 Å². The average Bonchev–Trinajstić information content (AvgIpc) is 2.58. The first-order valence-electron chi connectivity index (χ1n) is 8.01. The van der Waals surface area contributed by atoms with Gasteiger partial charge in [0.05, 0.1) is 6.61 Å². The molecule has 6 heteroatoms. The Labute approximate surface area is 137 Å². The van der Waals surface area contributed by atoms with Gasteiger partial charge in [0, 0.05) is 38.1 Å². The van der Waals surface area contributed by atoms with Crippen molar-refractivity contribution in [3.63, 3.8) is 0 Å². The summed E-state index contributed by atoms with van der Waals surface area (Å²) in [6.07, 6.45) is 1.80. The lowest BCUT2D eigenvalue weighted by atomic mass is 10.3. The molecule has 0 atom stereocenters. The van der Waals surface area contributed by atoms with E-state index in [0.717, 1.165) is 43.4 Å². The number of nitrogens with one attached hydrogen (secondary N) is 1. The molecule has 122 valence electrons. The molecule has 1 aliphatic rings. The number of hydrogen-bond donors (Lipinski definition) is 1. The Kier molecular flexibility index (Phi) is 4.92. The number of anilines is 3. The third kappa shape index (κ3) is 4.10. The van der Waals surface area contributed by atoms with E-state index >= 15 is 0 Å². The molecule has 1 fully saturated rings. The van der Waals surface area contributed by atoms with E-state index in [2.05, 4.69) is 32.1 Å². The molecule has 0 bridgehead atoms. The van der Waals surface area contributed by atoms with Crippen LogP contribution in [0, 0.1) is 0 Å². The summed E-state index contributed by atoms with van der Waals surface area (Å²) in [4.78, 5) is 13.6. The number of aromatic nitrogens is 2. The smallest absolute Gasteiger partial charge is 0.229 e. The molecule has 1 saturated heterocycles. The Hall–Kier alpha value is -2.34. The zero-order chi connectivity index (χ0) is 16.1. The lowest BCUT2D eigenvalue weighted by Crippen LogP contribution is -2.44. The fourth-order valence-corrected chi connectivity index (χ4v) is 2.55. The van der Waals surface area contributed by atoms with E-state index in [1.165, 1.54) is 0 Å². The summed E-state index contributed by atoms with van der Waals surface area (Å²) in [7, 11) is 2.15. The van der Waals surface area contributed by atoms with Gasteiger partial charge < -0.3 is 19.9 Å². The minimum absolute atomic E-state index is 0.616. The fraction of sp³-hybridized carbons (Fsp3) is 0.412. The molecule has 2 heterocycles. The first-order valence-corrected chi connectivity index (χ1v) is 8.01. The lowest BCUT2D eigenvalue weighted by Gasteiger charge is -2.33. The predicted octanol–water partition coefficient (Wildman–Crippen LogP) is 2.37. The second kappa shape index (κ2) is 7.28. The van der Waals surface area contributed by atoms with Crippen LogP contribution in [0.2, 0.25) is 0 Å². The molecule has 0 amide bonds. The minimum Gasteiger partial charge on any atom is -0.494 e. The van der Waals surface area contributed by atoms with Gasteiger partial charge in [-0.15, -0.1) is 0 Å². The number of hydrogen-bond acceptors (Lipinski definition) is 6. The second-order valence-electron chi connectivity index (χ2n) is 5.61. The molecule has 1 aliphatic heterocycles. The molecule has 1 aromatic heterocycles.